The molecule has 6 heteroatoms. The molecule has 0 aromatic heterocycles. The predicted molar refractivity (Wildman–Crippen MR) is 129 cm³/mol. The molecule has 0 bridgehead atoms. The third-order valence-electron chi connectivity index (χ3n) is 5.78. The van der Waals surface area contributed by atoms with Crippen LogP contribution in [0.2, 0.25) is 0 Å². The molecule has 3 aromatic rings. The van der Waals surface area contributed by atoms with Gasteiger partial charge in [-0.05, 0) is 30.5 Å². The van der Waals surface area contributed by atoms with Crippen molar-refractivity contribution in [2.75, 3.05) is 42.7 Å². The molecule has 6 nitrogen and oxygen atoms in total. The topological polar surface area (TPSA) is 55.4 Å². The molecule has 0 amide bonds. The Morgan fingerprint density at radius 3 is 1.36 bits per heavy atom. The molecule has 0 fully saturated rings. The van der Waals surface area contributed by atoms with Crippen LogP contribution in [0.25, 0.3) is 0 Å². The van der Waals surface area contributed by atoms with Crippen molar-refractivity contribution in [1.29, 1.82) is 0 Å². The highest BCUT2D eigenvalue weighted by molar-refractivity contribution is 5.62. The van der Waals surface area contributed by atoms with Gasteiger partial charge in [0.05, 0.1) is 42.7 Å². The second-order valence-corrected chi connectivity index (χ2v) is 7.42. The minimum atomic E-state index is -0.0743. The molecule has 33 heavy (non-hydrogen) atoms. The molecule has 0 atom stereocenters. The van der Waals surface area contributed by atoms with Gasteiger partial charge in [-0.25, -0.2) is 0 Å². The number of rotatable bonds is 11. The third-order valence-corrected chi connectivity index (χ3v) is 5.78. The fraction of sp³-hybridized carbons (Fsp3) is 0.333. The first-order valence-corrected chi connectivity index (χ1v) is 10.7. The van der Waals surface area contributed by atoms with E-state index in [-0.39, 0.29) is 5.92 Å². The Bertz CT molecular complexity index is 985. The fourth-order valence-electron chi connectivity index (χ4n) is 4.23. The Labute approximate surface area is 196 Å². The Hall–Kier alpha value is -3.54. The van der Waals surface area contributed by atoms with E-state index < -0.39 is 0 Å². The van der Waals surface area contributed by atoms with Crippen LogP contribution in [-0.4, -0.2) is 42.7 Å². The van der Waals surface area contributed by atoms with E-state index in [1.54, 1.807) is 42.7 Å². The summed E-state index contributed by atoms with van der Waals surface area (Å²) in [7, 11) is 9.73. The van der Waals surface area contributed by atoms with Crippen LogP contribution in [-0.2, 0) is 6.42 Å². The van der Waals surface area contributed by atoms with Crippen LogP contribution >= 0.6 is 0 Å². The molecule has 0 saturated heterocycles. The molecular formula is C27H32O6. The summed E-state index contributed by atoms with van der Waals surface area (Å²) in [5.41, 5.74) is 3.19. The highest BCUT2D eigenvalue weighted by atomic mass is 16.5. The van der Waals surface area contributed by atoms with Gasteiger partial charge in [-0.1, -0.05) is 42.5 Å². The summed E-state index contributed by atoms with van der Waals surface area (Å²) >= 11 is 0. The molecule has 3 rings (SSSR count). The molecule has 0 aliphatic carbocycles. The van der Waals surface area contributed by atoms with Gasteiger partial charge in [-0.2, -0.15) is 0 Å². The molecule has 0 aliphatic heterocycles. The van der Waals surface area contributed by atoms with Gasteiger partial charge in [0.25, 0.3) is 0 Å². The van der Waals surface area contributed by atoms with Crippen molar-refractivity contribution in [3.05, 3.63) is 71.3 Å². The summed E-state index contributed by atoms with van der Waals surface area (Å²) in [6.07, 6.45) is 1.67. The lowest BCUT2D eigenvalue weighted by molar-refractivity contribution is 0.317. The Balaban J connectivity index is 2.20. The third kappa shape index (κ3) is 4.95. The van der Waals surface area contributed by atoms with Crippen LogP contribution in [0.15, 0.2) is 54.6 Å². The first-order chi connectivity index (χ1) is 16.1. The van der Waals surface area contributed by atoms with E-state index in [0.717, 1.165) is 24.0 Å². The first-order valence-electron chi connectivity index (χ1n) is 10.7. The van der Waals surface area contributed by atoms with E-state index in [4.69, 9.17) is 28.4 Å². The molecule has 0 aliphatic rings. The smallest absolute Gasteiger partial charge is 0.203 e. The van der Waals surface area contributed by atoms with E-state index in [0.29, 0.717) is 34.5 Å². The monoisotopic (exact) mass is 452 g/mol. The largest absolute Gasteiger partial charge is 0.493 e. The van der Waals surface area contributed by atoms with Crippen molar-refractivity contribution in [1.82, 2.24) is 0 Å². The van der Waals surface area contributed by atoms with Crippen LogP contribution in [0.1, 0.15) is 29.0 Å². The zero-order valence-electron chi connectivity index (χ0n) is 20.1. The van der Waals surface area contributed by atoms with Gasteiger partial charge in [0.15, 0.2) is 23.0 Å². The number of hydrogen-bond acceptors (Lipinski definition) is 6. The number of benzene rings is 3. The lowest BCUT2D eigenvalue weighted by atomic mass is 9.84. The second kappa shape index (κ2) is 11.4. The van der Waals surface area contributed by atoms with E-state index in [9.17, 15) is 0 Å². The fourth-order valence-corrected chi connectivity index (χ4v) is 4.23. The van der Waals surface area contributed by atoms with Crippen molar-refractivity contribution in [2.24, 2.45) is 0 Å². The molecule has 0 radical (unpaired) electrons. The molecular weight excluding hydrogens is 420 g/mol. The number of hydrogen-bond donors (Lipinski definition) is 0. The Morgan fingerprint density at radius 1 is 0.515 bits per heavy atom. The highest BCUT2D eigenvalue weighted by Crippen LogP contribution is 2.50. The highest BCUT2D eigenvalue weighted by Gasteiger charge is 2.28. The lowest BCUT2D eigenvalue weighted by Gasteiger charge is -2.25. The van der Waals surface area contributed by atoms with Crippen molar-refractivity contribution in [3.63, 3.8) is 0 Å². The molecule has 3 aromatic carbocycles. The summed E-state index contributed by atoms with van der Waals surface area (Å²) in [4.78, 5) is 0. The maximum atomic E-state index is 5.84. The zero-order chi connectivity index (χ0) is 23.8. The van der Waals surface area contributed by atoms with Crippen molar-refractivity contribution in [2.45, 2.75) is 18.8 Å². The minimum absolute atomic E-state index is 0.0743. The molecule has 0 spiro atoms. The molecule has 0 saturated carbocycles. The van der Waals surface area contributed by atoms with Gasteiger partial charge >= 0.3 is 0 Å². The standard InChI is InChI=1S/C27H32O6/c1-28-22-16-14-20(24(30-3)26(22)32-5)19(13-12-18-10-8-7-9-11-18)21-15-17-23(29-2)27(33-6)25(21)31-4/h7-11,14-17,19H,12-13H2,1-6H3. The molecule has 0 N–H and O–H groups in total. The van der Waals surface area contributed by atoms with Crippen LogP contribution in [0.5, 0.6) is 34.5 Å². The quantitative estimate of drug-likeness (QED) is 0.383. The van der Waals surface area contributed by atoms with Crippen LogP contribution in [0, 0.1) is 0 Å². The van der Waals surface area contributed by atoms with E-state index in [2.05, 4.69) is 24.3 Å². The summed E-state index contributed by atoms with van der Waals surface area (Å²) in [6.45, 7) is 0. The van der Waals surface area contributed by atoms with Crippen LogP contribution < -0.4 is 28.4 Å². The lowest BCUT2D eigenvalue weighted by Crippen LogP contribution is -2.09. The molecule has 0 heterocycles. The average Bonchev–Trinajstić information content (AvgIpc) is 2.87. The van der Waals surface area contributed by atoms with Crippen molar-refractivity contribution in [3.8, 4) is 34.5 Å². The summed E-state index contributed by atoms with van der Waals surface area (Å²) in [6, 6.07) is 18.2. The van der Waals surface area contributed by atoms with Gasteiger partial charge in [0.1, 0.15) is 0 Å². The number of ether oxygens (including phenoxy) is 6. The van der Waals surface area contributed by atoms with Gasteiger partial charge in [-0.15, -0.1) is 0 Å². The maximum Gasteiger partial charge on any atom is 0.203 e. The Morgan fingerprint density at radius 2 is 0.970 bits per heavy atom. The summed E-state index contributed by atoms with van der Waals surface area (Å²) in [5.74, 6) is 3.52. The van der Waals surface area contributed by atoms with Gasteiger partial charge in [0, 0.05) is 17.0 Å². The first kappa shape index (κ1) is 24.1. The maximum absolute atomic E-state index is 5.84. The second-order valence-electron chi connectivity index (χ2n) is 7.42. The predicted octanol–water partition coefficient (Wildman–Crippen LogP) is 5.50. The number of aryl methyl sites for hydroxylation is 1. The zero-order valence-corrected chi connectivity index (χ0v) is 20.1. The van der Waals surface area contributed by atoms with Gasteiger partial charge in [0.2, 0.25) is 11.5 Å². The van der Waals surface area contributed by atoms with Crippen molar-refractivity contribution < 1.29 is 28.4 Å². The Kier molecular flexibility index (Phi) is 8.30. The van der Waals surface area contributed by atoms with Crippen molar-refractivity contribution >= 4 is 0 Å². The van der Waals surface area contributed by atoms with E-state index in [1.807, 2.05) is 30.3 Å². The van der Waals surface area contributed by atoms with Crippen LogP contribution in [0.3, 0.4) is 0 Å². The van der Waals surface area contributed by atoms with Gasteiger partial charge < -0.3 is 28.4 Å². The molecule has 0 unspecified atom stereocenters. The average molecular weight is 453 g/mol. The van der Waals surface area contributed by atoms with E-state index >= 15 is 0 Å². The van der Waals surface area contributed by atoms with Gasteiger partial charge in [-0.3, -0.25) is 0 Å². The van der Waals surface area contributed by atoms with Crippen LogP contribution in [0.4, 0.5) is 0 Å². The SMILES string of the molecule is COc1ccc(C(CCc2ccccc2)c2ccc(OC)c(OC)c2OC)c(OC)c1OC. The molecule has 176 valence electrons. The number of methoxy groups -OCH3 is 6. The normalized spacial score (nSPS) is 10.6. The van der Waals surface area contributed by atoms with E-state index in [1.165, 1.54) is 5.56 Å². The minimum Gasteiger partial charge on any atom is -0.493 e. The summed E-state index contributed by atoms with van der Waals surface area (Å²) < 4.78 is 34.0. The summed E-state index contributed by atoms with van der Waals surface area (Å²) in [5, 5.41) is 0.